The van der Waals surface area contributed by atoms with Crippen molar-refractivity contribution in [1.29, 1.82) is 0 Å². The van der Waals surface area contributed by atoms with Crippen molar-refractivity contribution in [2.45, 2.75) is 6.92 Å². The molecule has 0 saturated heterocycles. The standard InChI is InChI=1S/C10H7BIN/c1-6-2-3-7-4-8(11)9(12)5-10(7)13-6/h2-5H,1H3. The van der Waals surface area contributed by atoms with Gasteiger partial charge in [0.2, 0.25) is 0 Å². The van der Waals surface area contributed by atoms with Crippen LogP contribution in [0.15, 0.2) is 24.3 Å². The minimum Gasteiger partial charge on any atom is -0.253 e. The molecule has 0 aliphatic carbocycles. The van der Waals surface area contributed by atoms with Gasteiger partial charge in [-0.2, -0.15) is 0 Å². The van der Waals surface area contributed by atoms with E-state index in [1.807, 2.05) is 31.2 Å². The van der Waals surface area contributed by atoms with Crippen molar-refractivity contribution in [1.82, 2.24) is 4.98 Å². The fraction of sp³-hybridized carbons (Fsp3) is 0.100. The molecule has 1 nitrogen and oxygen atoms in total. The first-order chi connectivity index (χ1) is 6.16. The summed E-state index contributed by atoms with van der Waals surface area (Å²) < 4.78 is 1.06. The van der Waals surface area contributed by atoms with Gasteiger partial charge in [-0.15, -0.1) is 0 Å². The van der Waals surface area contributed by atoms with Crippen LogP contribution in [0.3, 0.4) is 0 Å². The second-order valence-corrected chi connectivity index (χ2v) is 4.18. The van der Waals surface area contributed by atoms with E-state index in [4.69, 9.17) is 7.85 Å². The van der Waals surface area contributed by atoms with Crippen LogP contribution in [0.2, 0.25) is 0 Å². The van der Waals surface area contributed by atoms with E-state index in [0.717, 1.165) is 25.6 Å². The number of aromatic nitrogens is 1. The van der Waals surface area contributed by atoms with Crippen LogP contribution in [-0.4, -0.2) is 12.8 Å². The van der Waals surface area contributed by atoms with Crippen LogP contribution in [0.5, 0.6) is 0 Å². The molecule has 0 amide bonds. The lowest BCUT2D eigenvalue weighted by Crippen LogP contribution is -2.06. The van der Waals surface area contributed by atoms with Crippen molar-refractivity contribution in [2.24, 2.45) is 0 Å². The van der Waals surface area contributed by atoms with E-state index in [2.05, 4.69) is 27.6 Å². The highest BCUT2D eigenvalue weighted by molar-refractivity contribution is 14.1. The molecule has 62 valence electrons. The molecule has 0 atom stereocenters. The number of aryl methyl sites for hydroxylation is 1. The highest BCUT2D eigenvalue weighted by Gasteiger charge is 1.99. The van der Waals surface area contributed by atoms with E-state index in [0.29, 0.717) is 0 Å². The molecule has 2 rings (SSSR count). The van der Waals surface area contributed by atoms with Crippen molar-refractivity contribution < 1.29 is 0 Å². The molecule has 0 N–H and O–H groups in total. The minimum absolute atomic E-state index is 0.818. The quantitative estimate of drug-likeness (QED) is 0.530. The lowest BCUT2D eigenvalue weighted by molar-refractivity contribution is 1.26. The molecular formula is C10H7BIN. The molecule has 0 saturated carbocycles. The third kappa shape index (κ3) is 1.70. The van der Waals surface area contributed by atoms with Gasteiger partial charge in [0, 0.05) is 9.26 Å². The van der Waals surface area contributed by atoms with Gasteiger partial charge < -0.3 is 0 Å². The highest BCUT2D eigenvalue weighted by Crippen LogP contribution is 2.13. The average Bonchev–Trinajstić information content (AvgIpc) is 2.08. The van der Waals surface area contributed by atoms with Gasteiger partial charge in [0.25, 0.3) is 0 Å². The highest BCUT2D eigenvalue weighted by atomic mass is 127. The van der Waals surface area contributed by atoms with E-state index in [1.165, 1.54) is 0 Å². The van der Waals surface area contributed by atoms with Crippen LogP contribution in [0.4, 0.5) is 0 Å². The van der Waals surface area contributed by atoms with E-state index >= 15 is 0 Å². The van der Waals surface area contributed by atoms with Gasteiger partial charge in [-0.1, -0.05) is 17.6 Å². The van der Waals surface area contributed by atoms with Gasteiger partial charge in [-0.05, 0) is 47.0 Å². The average molecular weight is 279 g/mol. The Labute approximate surface area is 92.1 Å². The van der Waals surface area contributed by atoms with Crippen molar-refractivity contribution in [2.75, 3.05) is 0 Å². The van der Waals surface area contributed by atoms with E-state index in [-0.39, 0.29) is 0 Å². The van der Waals surface area contributed by atoms with Crippen molar-refractivity contribution >= 4 is 46.8 Å². The monoisotopic (exact) mass is 279 g/mol. The third-order valence-corrected chi connectivity index (χ3v) is 2.88. The summed E-state index contributed by atoms with van der Waals surface area (Å²) >= 11 is 2.22. The zero-order valence-corrected chi connectivity index (χ0v) is 9.37. The van der Waals surface area contributed by atoms with E-state index < -0.39 is 0 Å². The second-order valence-electron chi connectivity index (χ2n) is 3.02. The SMILES string of the molecule is [B]c1cc2ccc(C)nc2cc1I. The van der Waals surface area contributed by atoms with Crippen LogP contribution in [0, 0.1) is 10.5 Å². The molecule has 0 bridgehead atoms. The lowest BCUT2D eigenvalue weighted by Gasteiger charge is -2.02. The number of pyridine rings is 1. The molecule has 0 fully saturated rings. The normalized spacial score (nSPS) is 10.6. The van der Waals surface area contributed by atoms with Crippen LogP contribution in [0.1, 0.15) is 5.69 Å². The Balaban J connectivity index is 2.81. The van der Waals surface area contributed by atoms with Crippen LogP contribution in [0.25, 0.3) is 10.9 Å². The second kappa shape index (κ2) is 3.29. The first-order valence-corrected chi connectivity index (χ1v) is 5.07. The molecule has 1 aromatic carbocycles. The fourth-order valence-electron chi connectivity index (χ4n) is 1.27. The summed E-state index contributed by atoms with van der Waals surface area (Å²) in [6.45, 7) is 1.99. The molecular weight excluding hydrogens is 272 g/mol. The summed E-state index contributed by atoms with van der Waals surface area (Å²) in [6.07, 6.45) is 0. The Kier molecular flexibility index (Phi) is 2.28. The molecule has 0 aliphatic heterocycles. The maximum Gasteiger partial charge on any atom is 0.115 e. The van der Waals surface area contributed by atoms with Gasteiger partial charge >= 0.3 is 0 Å². The summed E-state index contributed by atoms with van der Waals surface area (Å²) in [7, 11) is 5.79. The Bertz CT molecular complexity index is 468. The summed E-state index contributed by atoms with van der Waals surface area (Å²) in [5.41, 5.74) is 2.87. The summed E-state index contributed by atoms with van der Waals surface area (Å²) in [5, 5.41) is 1.10. The van der Waals surface area contributed by atoms with Gasteiger partial charge in [-0.25, -0.2) is 0 Å². The largest absolute Gasteiger partial charge is 0.253 e. The summed E-state index contributed by atoms with van der Waals surface area (Å²) in [5.74, 6) is 0. The molecule has 0 spiro atoms. The van der Waals surface area contributed by atoms with Crippen molar-refractivity contribution in [3.8, 4) is 0 Å². The molecule has 2 aromatic rings. The van der Waals surface area contributed by atoms with E-state index in [1.54, 1.807) is 0 Å². The Morgan fingerprint density at radius 2 is 2.08 bits per heavy atom. The number of halogens is 1. The van der Waals surface area contributed by atoms with Gasteiger partial charge in [0.1, 0.15) is 7.85 Å². The van der Waals surface area contributed by atoms with E-state index in [9.17, 15) is 0 Å². The first kappa shape index (κ1) is 9.00. The predicted octanol–water partition coefficient (Wildman–Crippen LogP) is 1.94. The van der Waals surface area contributed by atoms with Crippen LogP contribution in [-0.2, 0) is 0 Å². The Hall–Kier alpha value is -0.575. The molecule has 2 radical (unpaired) electrons. The number of hydrogen-bond acceptors (Lipinski definition) is 1. The van der Waals surface area contributed by atoms with Crippen LogP contribution >= 0.6 is 22.6 Å². The predicted molar refractivity (Wildman–Crippen MR) is 64.6 cm³/mol. The zero-order valence-electron chi connectivity index (χ0n) is 7.21. The first-order valence-electron chi connectivity index (χ1n) is 3.99. The maximum atomic E-state index is 5.79. The van der Waals surface area contributed by atoms with Crippen molar-refractivity contribution in [3.05, 3.63) is 33.5 Å². The van der Waals surface area contributed by atoms with Crippen LogP contribution < -0.4 is 5.46 Å². The summed E-state index contributed by atoms with van der Waals surface area (Å²) in [6, 6.07) is 8.01. The van der Waals surface area contributed by atoms with Gasteiger partial charge in [0.05, 0.1) is 5.52 Å². The van der Waals surface area contributed by atoms with Crippen molar-refractivity contribution in [3.63, 3.8) is 0 Å². The Morgan fingerprint density at radius 3 is 2.85 bits per heavy atom. The fourth-order valence-corrected chi connectivity index (χ4v) is 1.72. The topological polar surface area (TPSA) is 12.9 Å². The smallest absolute Gasteiger partial charge is 0.115 e. The third-order valence-electron chi connectivity index (χ3n) is 1.95. The lowest BCUT2D eigenvalue weighted by atomic mass is 9.95. The number of hydrogen-bond donors (Lipinski definition) is 0. The Morgan fingerprint density at radius 1 is 1.31 bits per heavy atom. The molecule has 0 unspecified atom stereocenters. The molecule has 3 heteroatoms. The molecule has 1 aromatic heterocycles. The molecule has 13 heavy (non-hydrogen) atoms. The zero-order chi connectivity index (χ0) is 9.42. The molecule has 0 aliphatic rings. The summed E-state index contributed by atoms with van der Waals surface area (Å²) in [4.78, 5) is 4.42. The van der Waals surface area contributed by atoms with Gasteiger partial charge in [-0.3, -0.25) is 4.98 Å². The molecule has 1 heterocycles. The number of rotatable bonds is 0. The number of fused-ring (bicyclic) bond motifs is 1. The maximum absolute atomic E-state index is 5.79. The van der Waals surface area contributed by atoms with Gasteiger partial charge in [0.15, 0.2) is 0 Å². The minimum atomic E-state index is 0.818. The number of benzene rings is 1. The number of nitrogens with zero attached hydrogens (tertiary/aromatic N) is 1.